The average molecular weight is 461 g/mol. The molecule has 2 aromatic rings. The van der Waals surface area contributed by atoms with Crippen molar-refractivity contribution in [2.75, 3.05) is 5.75 Å². The first kappa shape index (κ1) is 21.4. The van der Waals surface area contributed by atoms with E-state index in [0.29, 0.717) is 39.2 Å². The Bertz CT molecular complexity index is 978. The fourth-order valence-corrected chi connectivity index (χ4v) is 5.01. The first-order chi connectivity index (χ1) is 13.3. The van der Waals surface area contributed by atoms with Gasteiger partial charge in [-0.25, -0.2) is 13.1 Å². The molecule has 0 aromatic heterocycles. The molecule has 0 bridgehead atoms. The molecule has 1 heterocycles. The van der Waals surface area contributed by atoms with Crippen molar-refractivity contribution >= 4 is 50.5 Å². The number of rotatable bonds is 7. The van der Waals surface area contributed by atoms with Crippen molar-refractivity contribution in [1.82, 2.24) is 10.1 Å². The quantitative estimate of drug-likeness (QED) is 0.603. The second kappa shape index (κ2) is 9.01. The van der Waals surface area contributed by atoms with Gasteiger partial charge in [0.15, 0.2) is 0 Å². The Morgan fingerprint density at radius 3 is 2.46 bits per heavy atom. The lowest BCUT2D eigenvalue weighted by molar-refractivity contribution is 0.575. The van der Waals surface area contributed by atoms with Gasteiger partial charge in [-0.3, -0.25) is 0 Å². The van der Waals surface area contributed by atoms with Crippen molar-refractivity contribution in [3.8, 4) is 0 Å². The summed E-state index contributed by atoms with van der Waals surface area (Å²) >= 11 is 18.3. The highest BCUT2D eigenvalue weighted by atomic mass is 35.5. The Morgan fingerprint density at radius 1 is 1.14 bits per heavy atom. The normalized spacial score (nSPS) is 17.9. The molecule has 2 unspecified atom stereocenters. The van der Waals surface area contributed by atoms with E-state index in [-0.39, 0.29) is 11.8 Å². The maximum absolute atomic E-state index is 12.5. The summed E-state index contributed by atoms with van der Waals surface area (Å²) in [6.07, 6.45) is 1.04. The zero-order chi connectivity index (χ0) is 20.3. The van der Waals surface area contributed by atoms with Gasteiger partial charge < -0.3 is 5.43 Å². The van der Waals surface area contributed by atoms with Crippen molar-refractivity contribution in [1.29, 1.82) is 0 Å². The van der Waals surface area contributed by atoms with E-state index in [1.165, 1.54) is 0 Å². The zero-order valence-corrected chi connectivity index (χ0v) is 18.2. The molecule has 1 aliphatic rings. The number of nitrogens with one attached hydrogen (secondary N) is 2. The molecule has 0 saturated heterocycles. The second-order valence-electron chi connectivity index (χ2n) is 6.58. The summed E-state index contributed by atoms with van der Waals surface area (Å²) in [6, 6.07) is 11.7. The molecule has 9 heteroatoms. The summed E-state index contributed by atoms with van der Waals surface area (Å²) in [6.45, 7) is 1.81. The van der Waals surface area contributed by atoms with Crippen LogP contribution in [0.5, 0.6) is 0 Å². The molecule has 2 atom stereocenters. The third-order valence-corrected chi connectivity index (χ3v) is 6.78. The van der Waals surface area contributed by atoms with Crippen LogP contribution in [0.25, 0.3) is 0 Å². The number of hydrogen-bond donors (Lipinski definition) is 2. The van der Waals surface area contributed by atoms with E-state index in [4.69, 9.17) is 34.8 Å². The molecule has 150 valence electrons. The zero-order valence-electron chi connectivity index (χ0n) is 15.1. The molecular weight excluding hydrogens is 441 g/mol. The van der Waals surface area contributed by atoms with Crippen LogP contribution >= 0.6 is 34.8 Å². The minimum absolute atomic E-state index is 0.0238. The summed E-state index contributed by atoms with van der Waals surface area (Å²) in [4.78, 5) is 0. The third kappa shape index (κ3) is 5.19. The summed E-state index contributed by atoms with van der Waals surface area (Å²) in [5.41, 5.74) is 5.37. The van der Waals surface area contributed by atoms with Gasteiger partial charge in [0.25, 0.3) is 0 Å². The van der Waals surface area contributed by atoms with Crippen LogP contribution in [0.4, 0.5) is 0 Å². The van der Waals surface area contributed by atoms with Crippen LogP contribution in [0.15, 0.2) is 47.6 Å². The van der Waals surface area contributed by atoms with Crippen LogP contribution in [0.2, 0.25) is 15.1 Å². The first-order valence-electron chi connectivity index (χ1n) is 8.81. The van der Waals surface area contributed by atoms with Crippen molar-refractivity contribution in [2.45, 2.75) is 31.8 Å². The van der Waals surface area contributed by atoms with Gasteiger partial charge >= 0.3 is 0 Å². The average Bonchev–Trinajstić information content (AvgIpc) is 3.10. The maximum Gasteiger partial charge on any atom is 0.212 e. The maximum atomic E-state index is 12.5. The van der Waals surface area contributed by atoms with E-state index in [1.807, 2.05) is 31.2 Å². The molecule has 1 aliphatic heterocycles. The van der Waals surface area contributed by atoms with E-state index < -0.39 is 16.1 Å². The fraction of sp³-hybridized carbons (Fsp3) is 0.316. The summed E-state index contributed by atoms with van der Waals surface area (Å²) in [5.74, 6) is 0.0238. The highest BCUT2D eigenvalue weighted by Crippen LogP contribution is 2.33. The summed E-state index contributed by atoms with van der Waals surface area (Å²) < 4.78 is 27.7. The first-order valence-corrected chi connectivity index (χ1v) is 11.6. The molecule has 0 radical (unpaired) electrons. The van der Waals surface area contributed by atoms with Crippen LogP contribution in [0.1, 0.15) is 43.0 Å². The molecule has 5 nitrogen and oxygen atoms in total. The Kier molecular flexibility index (Phi) is 6.89. The van der Waals surface area contributed by atoms with Crippen LogP contribution in [0, 0.1) is 0 Å². The van der Waals surface area contributed by atoms with Gasteiger partial charge in [-0.2, -0.15) is 5.10 Å². The van der Waals surface area contributed by atoms with E-state index in [9.17, 15) is 8.42 Å². The monoisotopic (exact) mass is 459 g/mol. The minimum atomic E-state index is -3.50. The van der Waals surface area contributed by atoms with Crippen LogP contribution in [-0.4, -0.2) is 19.9 Å². The predicted molar refractivity (Wildman–Crippen MR) is 116 cm³/mol. The van der Waals surface area contributed by atoms with E-state index >= 15 is 0 Å². The van der Waals surface area contributed by atoms with Gasteiger partial charge in [0.05, 0.1) is 23.5 Å². The largest absolute Gasteiger partial charge is 0.302 e. The highest BCUT2D eigenvalue weighted by molar-refractivity contribution is 7.89. The molecule has 0 amide bonds. The highest BCUT2D eigenvalue weighted by Gasteiger charge is 2.31. The van der Waals surface area contributed by atoms with Crippen LogP contribution in [0.3, 0.4) is 0 Å². The van der Waals surface area contributed by atoms with Gasteiger partial charge in [-0.15, -0.1) is 0 Å². The van der Waals surface area contributed by atoms with Gasteiger partial charge in [-0.1, -0.05) is 59.9 Å². The Hall–Kier alpha value is -1.31. The van der Waals surface area contributed by atoms with Gasteiger partial charge in [-0.05, 0) is 41.8 Å². The van der Waals surface area contributed by atoms with E-state index in [2.05, 4.69) is 15.2 Å². The fourth-order valence-electron chi connectivity index (χ4n) is 3.08. The summed E-state index contributed by atoms with van der Waals surface area (Å²) in [5, 5.41) is 5.93. The Balaban J connectivity index is 1.89. The smallest absolute Gasteiger partial charge is 0.212 e. The van der Waals surface area contributed by atoms with Crippen LogP contribution in [-0.2, 0) is 10.0 Å². The lowest BCUT2D eigenvalue weighted by Crippen LogP contribution is -2.35. The Labute approximate surface area is 180 Å². The third-order valence-electron chi connectivity index (χ3n) is 4.43. The van der Waals surface area contributed by atoms with Gasteiger partial charge in [0, 0.05) is 21.5 Å². The lowest BCUT2D eigenvalue weighted by Gasteiger charge is -2.20. The minimum Gasteiger partial charge on any atom is -0.302 e. The number of halogens is 3. The van der Waals surface area contributed by atoms with Gasteiger partial charge in [0.1, 0.15) is 0 Å². The van der Waals surface area contributed by atoms with Crippen molar-refractivity contribution < 1.29 is 8.42 Å². The molecule has 0 aliphatic carbocycles. The molecule has 2 aromatic carbocycles. The molecule has 0 saturated carbocycles. The van der Waals surface area contributed by atoms with Crippen LogP contribution < -0.4 is 10.1 Å². The second-order valence-corrected chi connectivity index (χ2v) is 9.73. The number of nitrogens with zero attached hydrogens (tertiary/aromatic N) is 1. The molecular formula is C19H20Cl3N3O2S. The summed E-state index contributed by atoms with van der Waals surface area (Å²) in [7, 11) is -3.50. The molecule has 0 fully saturated rings. The van der Waals surface area contributed by atoms with E-state index in [1.54, 1.807) is 18.2 Å². The standard InChI is InChI=1S/C19H20Cl3N3O2S/c1-2-9-28(26,27)25-19(15-8-7-14(21)10-16(15)22)18-11-17(23-24-18)12-3-5-13(20)6-4-12/h3-8,10,17,19,23,25H,2,9,11H2,1H3. The lowest BCUT2D eigenvalue weighted by atomic mass is 9.96. The van der Waals surface area contributed by atoms with Gasteiger partial charge in [0.2, 0.25) is 10.0 Å². The molecule has 28 heavy (non-hydrogen) atoms. The topological polar surface area (TPSA) is 70.6 Å². The van der Waals surface area contributed by atoms with E-state index in [0.717, 1.165) is 5.56 Å². The molecule has 2 N–H and O–H groups in total. The predicted octanol–water partition coefficient (Wildman–Crippen LogP) is 5.11. The number of benzene rings is 2. The molecule has 3 rings (SSSR count). The number of hydrogen-bond acceptors (Lipinski definition) is 4. The van der Waals surface area contributed by atoms with Crippen molar-refractivity contribution in [3.05, 3.63) is 68.7 Å². The van der Waals surface area contributed by atoms with Crippen molar-refractivity contribution in [2.24, 2.45) is 5.10 Å². The molecule has 0 spiro atoms. The number of hydrazone groups is 1. The SMILES string of the molecule is CCCS(=O)(=O)NC(C1=NNC(c2ccc(Cl)cc2)C1)c1ccc(Cl)cc1Cl. The van der Waals surface area contributed by atoms with Crippen molar-refractivity contribution in [3.63, 3.8) is 0 Å². The Morgan fingerprint density at radius 2 is 1.82 bits per heavy atom. The number of sulfonamides is 1.